The number of β-amino-alcohol motifs (C(OH)–C–C–N with tert-alkyl or cyclic N) is 1. The van der Waals surface area contributed by atoms with Gasteiger partial charge in [-0.1, -0.05) is 24.3 Å². The van der Waals surface area contributed by atoms with Crippen molar-refractivity contribution in [2.75, 3.05) is 6.54 Å². The van der Waals surface area contributed by atoms with Crippen molar-refractivity contribution in [2.45, 2.75) is 31.5 Å². The standard InChI is InChI=1S/C16H19N3O2S/c1-10(19-16(21)14-6-13(20)7-18-14)11-2-4-12(5-3-11)15-8-17-9-22-15/h2-5,8-10,13-14,18,20H,6-7H2,1H3,(H,19,21)/t10-,13?,14?/m0/s1. The number of hydrogen-bond acceptors (Lipinski definition) is 5. The van der Waals surface area contributed by atoms with Crippen molar-refractivity contribution in [3.8, 4) is 10.4 Å². The summed E-state index contributed by atoms with van der Waals surface area (Å²) >= 11 is 1.61. The molecule has 22 heavy (non-hydrogen) atoms. The van der Waals surface area contributed by atoms with E-state index in [4.69, 9.17) is 0 Å². The number of nitrogens with zero attached hydrogens (tertiary/aromatic N) is 1. The summed E-state index contributed by atoms with van der Waals surface area (Å²) in [5.41, 5.74) is 4.00. The lowest BCUT2D eigenvalue weighted by atomic mass is 10.0. The summed E-state index contributed by atoms with van der Waals surface area (Å²) < 4.78 is 0. The van der Waals surface area contributed by atoms with Crippen LogP contribution in [0.5, 0.6) is 0 Å². The van der Waals surface area contributed by atoms with Gasteiger partial charge in [-0.05, 0) is 24.5 Å². The summed E-state index contributed by atoms with van der Waals surface area (Å²) in [4.78, 5) is 17.3. The highest BCUT2D eigenvalue weighted by Gasteiger charge is 2.28. The lowest BCUT2D eigenvalue weighted by molar-refractivity contribution is -0.123. The second kappa shape index (κ2) is 6.56. The minimum Gasteiger partial charge on any atom is -0.392 e. The maximum atomic E-state index is 12.1. The molecular formula is C16H19N3O2S. The molecule has 0 aliphatic carbocycles. The molecule has 1 aliphatic rings. The van der Waals surface area contributed by atoms with E-state index in [1.165, 1.54) is 0 Å². The number of rotatable bonds is 4. The second-order valence-electron chi connectivity index (χ2n) is 5.57. The van der Waals surface area contributed by atoms with Crippen LogP contribution in [0.15, 0.2) is 36.0 Å². The third-order valence-corrected chi connectivity index (χ3v) is 4.73. The molecule has 2 heterocycles. The molecule has 2 unspecified atom stereocenters. The molecule has 1 aromatic carbocycles. The molecule has 2 aromatic rings. The van der Waals surface area contributed by atoms with Crippen LogP contribution in [0.3, 0.4) is 0 Å². The van der Waals surface area contributed by atoms with Gasteiger partial charge in [-0.2, -0.15) is 0 Å². The Morgan fingerprint density at radius 2 is 2.23 bits per heavy atom. The third kappa shape index (κ3) is 3.35. The number of hydrogen-bond donors (Lipinski definition) is 3. The summed E-state index contributed by atoms with van der Waals surface area (Å²) in [5, 5.41) is 15.5. The predicted molar refractivity (Wildman–Crippen MR) is 86.5 cm³/mol. The number of thiazole rings is 1. The van der Waals surface area contributed by atoms with E-state index in [1.807, 2.05) is 42.9 Å². The Morgan fingerprint density at radius 1 is 1.45 bits per heavy atom. The molecule has 1 aliphatic heterocycles. The highest BCUT2D eigenvalue weighted by Crippen LogP contribution is 2.25. The number of aliphatic hydroxyl groups is 1. The van der Waals surface area contributed by atoms with E-state index in [1.54, 1.807) is 11.3 Å². The Morgan fingerprint density at radius 3 is 2.82 bits per heavy atom. The monoisotopic (exact) mass is 317 g/mol. The van der Waals surface area contributed by atoms with Crippen molar-refractivity contribution in [3.63, 3.8) is 0 Å². The summed E-state index contributed by atoms with van der Waals surface area (Å²) in [7, 11) is 0. The van der Waals surface area contributed by atoms with Crippen LogP contribution in [0.4, 0.5) is 0 Å². The zero-order valence-electron chi connectivity index (χ0n) is 12.3. The molecule has 3 N–H and O–H groups in total. The van der Waals surface area contributed by atoms with Crippen molar-refractivity contribution < 1.29 is 9.90 Å². The highest BCUT2D eigenvalue weighted by molar-refractivity contribution is 7.13. The lowest BCUT2D eigenvalue weighted by Gasteiger charge is -2.17. The van der Waals surface area contributed by atoms with E-state index in [9.17, 15) is 9.90 Å². The fraction of sp³-hybridized carbons (Fsp3) is 0.375. The molecule has 3 atom stereocenters. The van der Waals surface area contributed by atoms with Crippen molar-refractivity contribution >= 4 is 17.2 Å². The lowest BCUT2D eigenvalue weighted by Crippen LogP contribution is -2.41. The Bertz CT molecular complexity index is 627. The third-order valence-electron chi connectivity index (χ3n) is 3.91. The molecule has 0 bridgehead atoms. The van der Waals surface area contributed by atoms with Gasteiger partial charge in [0.2, 0.25) is 5.91 Å². The molecule has 1 aromatic heterocycles. The smallest absolute Gasteiger partial charge is 0.237 e. The average Bonchev–Trinajstić information content (AvgIpc) is 3.18. The molecule has 0 saturated carbocycles. The number of carbonyl (C=O) groups is 1. The molecule has 1 fully saturated rings. The molecule has 1 amide bonds. The molecule has 0 spiro atoms. The van der Waals surface area contributed by atoms with Crippen molar-refractivity contribution in [1.82, 2.24) is 15.6 Å². The molecule has 0 radical (unpaired) electrons. The van der Waals surface area contributed by atoms with Gasteiger partial charge in [0.25, 0.3) is 0 Å². The molecule has 116 valence electrons. The molecule has 5 nitrogen and oxygen atoms in total. The van der Waals surface area contributed by atoms with Crippen LogP contribution >= 0.6 is 11.3 Å². The van der Waals surface area contributed by atoms with E-state index in [2.05, 4.69) is 15.6 Å². The van der Waals surface area contributed by atoms with Gasteiger partial charge in [0.15, 0.2) is 0 Å². The first kappa shape index (κ1) is 15.1. The molecular weight excluding hydrogens is 298 g/mol. The van der Waals surface area contributed by atoms with Gasteiger partial charge in [0.05, 0.1) is 28.6 Å². The van der Waals surface area contributed by atoms with Crippen LogP contribution < -0.4 is 10.6 Å². The van der Waals surface area contributed by atoms with E-state index in [0.717, 1.165) is 16.0 Å². The summed E-state index contributed by atoms with van der Waals surface area (Å²) in [6.45, 7) is 2.45. The Balaban J connectivity index is 1.62. The second-order valence-corrected chi connectivity index (χ2v) is 6.45. The summed E-state index contributed by atoms with van der Waals surface area (Å²) in [5.74, 6) is -0.0596. The van der Waals surface area contributed by atoms with Crippen LogP contribution in [0.2, 0.25) is 0 Å². The van der Waals surface area contributed by atoms with Crippen molar-refractivity contribution in [2.24, 2.45) is 0 Å². The summed E-state index contributed by atoms with van der Waals surface area (Å²) in [6.07, 6.45) is 1.90. The summed E-state index contributed by atoms with van der Waals surface area (Å²) in [6, 6.07) is 7.77. The average molecular weight is 317 g/mol. The van der Waals surface area contributed by atoms with Gasteiger partial charge in [0, 0.05) is 12.7 Å². The number of amides is 1. The van der Waals surface area contributed by atoms with E-state index < -0.39 is 6.10 Å². The highest BCUT2D eigenvalue weighted by atomic mass is 32.1. The largest absolute Gasteiger partial charge is 0.392 e. The SMILES string of the molecule is C[C@H](NC(=O)C1CC(O)CN1)c1ccc(-c2cncs2)cc1. The van der Waals surface area contributed by atoms with E-state index >= 15 is 0 Å². The first-order valence-corrected chi connectivity index (χ1v) is 8.22. The zero-order valence-corrected chi connectivity index (χ0v) is 13.1. The van der Waals surface area contributed by atoms with Crippen molar-refractivity contribution in [3.05, 3.63) is 41.5 Å². The number of aromatic nitrogens is 1. The molecule has 1 saturated heterocycles. The van der Waals surface area contributed by atoms with Crippen LogP contribution in [-0.2, 0) is 4.79 Å². The van der Waals surface area contributed by atoms with Gasteiger partial charge in [0.1, 0.15) is 0 Å². The normalized spacial score (nSPS) is 22.5. The minimum absolute atomic E-state index is 0.0596. The predicted octanol–water partition coefficient (Wildman–Crippen LogP) is 1.71. The first-order chi connectivity index (χ1) is 10.6. The van der Waals surface area contributed by atoms with Crippen LogP contribution in [0.25, 0.3) is 10.4 Å². The Hall–Kier alpha value is -1.76. The van der Waals surface area contributed by atoms with E-state index in [-0.39, 0.29) is 18.0 Å². The van der Waals surface area contributed by atoms with Crippen LogP contribution in [0, 0.1) is 0 Å². The van der Waals surface area contributed by atoms with Crippen molar-refractivity contribution in [1.29, 1.82) is 0 Å². The minimum atomic E-state index is -0.426. The number of carbonyl (C=O) groups excluding carboxylic acids is 1. The van der Waals surface area contributed by atoms with E-state index in [0.29, 0.717) is 13.0 Å². The van der Waals surface area contributed by atoms with Gasteiger partial charge in [-0.3, -0.25) is 9.78 Å². The number of aliphatic hydroxyl groups excluding tert-OH is 1. The fourth-order valence-electron chi connectivity index (χ4n) is 2.61. The number of benzene rings is 1. The maximum absolute atomic E-state index is 12.1. The first-order valence-electron chi connectivity index (χ1n) is 7.34. The van der Waals surface area contributed by atoms with Crippen LogP contribution in [0.1, 0.15) is 24.9 Å². The topological polar surface area (TPSA) is 74.2 Å². The molecule has 6 heteroatoms. The maximum Gasteiger partial charge on any atom is 0.237 e. The Labute approximate surface area is 133 Å². The van der Waals surface area contributed by atoms with Gasteiger partial charge in [-0.25, -0.2) is 0 Å². The Kier molecular flexibility index (Phi) is 4.52. The zero-order chi connectivity index (χ0) is 15.5. The quantitative estimate of drug-likeness (QED) is 0.802. The number of nitrogens with one attached hydrogen (secondary N) is 2. The van der Waals surface area contributed by atoms with Gasteiger partial charge in [-0.15, -0.1) is 11.3 Å². The van der Waals surface area contributed by atoms with Gasteiger partial charge >= 0.3 is 0 Å². The fourth-order valence-corrected chi connectivity index (χ4v) is 3.24. The molecule has 3 rings (SSSR count). The van der Waals surface area contributed by atoms with Gasteiger partial charge < -0.3 is 15.7 Å². The van der Waals surface area contributed by atoms with Crippen LogP contribution in [-0.4, -0.2) is 34.7 Å².